The molecule has 11 heteroatoms. The van der Waals surface area contributed by atoms with E-state index in [0.717, 1.165) is 6.20 Å². The second-order valence-corrected chi connectivity index (χ2v) is 11.1. The van der Waals surface area contributed by atoms with Crippen molar-refractivity contribution in [1.29, 1.82) is 0 Å². The van der Waals surface area contributed by atoms with E-state index < -0.39 is 18.2 Å². The molecule has 2 N–H and O–H groups in total. The number of alkyl halides is 2. The first-order valence-corrected chi connectivity index (χ1v) is 13.6. The van der Waals surface area contributed by atoms with Gasteiger partial charge in [0, 0.05) is 64.9 Å². The molecule has 0 radical (unpaired) electrons. The fourth-order valence-electron chi connectivity index (χ4n) is 5.48. The third-order valence-electron chi connectivity index (χ3n) is 8.04. The van der Waals surface area contributed by atoms with Crippen LogP contribution in [0.3, 0.4) is 0 Å². The van der Waals surface area contributed by atoms with Gasteiger partial charge in [-0.1, -0.05) is 11.6 Å². The minimum absolute atomic E-state index is 0.172. The number of halogens is 4. The van der Waals surface area contributed by atoms with Gasteiger partial charge in [0.1, 0.15) is 5.82 Å². The molecule has 1 spiro atoms. The van der Waals surface area contributed by atoms with Gasteiger partial charge in [-0.15, -0.1) is 0 Å². The first-order chi connectivity index (χ1) is 19.4. The van der Waals surface area contributed by atoms with Crippen molar-refractivity contribution in [3.8, 4) is 0 Å². The van der Waals surface area contributed by atoms with Gasteiger partial charge >= 0.3 is 0 Å². The summed E-state index contributed by atoms with van der Waals surface area (Å²) in [4.78, 5) is 32.7. The van der Waals surface area contributed by atoms with Crippen molar-refractivity contribution in [2.24, 2.45) is 11.3 Å². The summed E-state index contributed by atoms with van der Waals surface area (Å²) >= 11 is 6.22. The minimum atomic E-state index is -2.64. The molecule has 0 unspecified atom stereocenters. The average Bonchev–Trinajstić information content (AvgIpc) is 3.67. The number of piperazine rings is 1. The highest BCUT2D eigenvalue weighted by Crippen LogP contribution is 2.63. The predicted octanol–water partition coefficient (Wildman–Crippen LogP) is 4.46. The zero-order chi connectivity index (χ0) is 29.4. The number of carbonyl (C=O) groups is 2. The van der Waals surface area contributed by atoms with E-state index in [1.54, 1.807) is 34.1 Å². The lowest BCUT2D eigenvalue weighted by molar-refractivity contribution is -0.135. The number of nitrogens with one attached hydrogen (secondary N) is 2. The Morgan fingerprint density at radius 3 is 2.54 bits per heavy atom. The summed E-state index contributed by atoms with van der Waals surface area (Å²) in [5.41, 5.74) is 1.10. The number of nitrogens with zero attached hydrogens (tertiary/aromatic N) is 3. The zero-order valence-corrected chi connectivity index (χ0v) is 22.2. The van der Waals surface area contributed by atoms with Crippen LogP contribution in [0.15, 0.2) is 36.5 Å². The first kappa shape index (κ1) is 25.1. The van der Waals surface area contributed by atoms with Crippen molar-refractivity contribution in [3.63, 3.8) is 0 Å². The summed E-state index contributed by atoms with van der Waals surface area (Å²) in [7, 11) is 0. The van der Waals surface area contributed by atoms with Crippen molar-refractivity contribution in [2.75, 3.05) is 38.0 Å². The number of benzene rings is 1. The molecule has 0 bridgehead atoms. The first-order valence-electron chi connectivity index (χ1n) is 14.2. The second kappa shape index (κ2) is 11.3. The predicted molar refractivity (Wildman–Crippen MR) is 142 cm³/mol. The highest BCUT2D eigenvalue weighted by Gasteiger charge is 2.60. The molecule has 2 amide bonds. The van der Waals surface area contributed by atoms with Crippen LogP contribution < -0.4 is 10.6 Å². The maximum Gasteiger partial charge on any atom is 0.248 e. The Morgan fingerprint density at radius 2 is 1.85 bits per heavy atom. The molecule has 1 aromatic carbocycles. The molecule has 39 heavy (non-hydrogen) atoms. The standard InChI is InChI=1S/C28H33ClF3N5O2/c29-20-1-4-24(34-16-22-3-2-21(30)15-33-22)19(13-20)18-36-9-11-37(12-10-36)25(38)17-35-26(39)23-14-27(23)5-7-28(31,32)8-6-27/h1-4,13,15,23,34H,5-12,14,16-18H2,(H,35,39)/t23-/m0/s1/i18D2. The van der Waals surface area contributed by atoms with Crippen molar-refractivity contribution in [2.45, 2.75) is 51.1 Å². The van der Waals surface area contributed by atoms with Gasteiger partial charge in [-0.2, -0.15) is 0 Å². The molecule has 2 heterocycles. The van der Waals surface area contributed by atoms with E-state index in [9.17, 15) is 22.8 Å². The Kier molecular flexibility index (Phi) is 7.30. The highest BCUT2D eigenvalue weighted by atomic mass is 35.5. The number of anilines is 1. The SMILES string of the molecule is [2H]C([2H])(c1cc(Cl)ccc1NCc1ccc(F)cn1)N1CCN(C(=O)CNC(=O)[C@@H]2CC23CCC(F)(F)CC3)CC1. The molecule has 5 rings (SSSR count). The number of carbonyl (C=O) groups excluding carboxylic acids is 2. The van der Waals surface area contributed by atoms with Gasteiger partial charge in [0.15, 0.2) is 0 Å². The van der Waals surface area contributed by atoms with Crippen LogP contribution >= 0.6 is 11.6 Å². The van der Waals surface area contributed by atoms with Gasteiger partial charge in [0.25, 0.3) is 0 Å². The number of hydrogen-bond acceptors (Lipinski definition) is 5. The van der Waals surface area contributed by atoms with E-state index in [0.29, 0.717) is 41.2 Å². The quantitative estimate of drug-likeness (QED) is 0.494. The fraction of sp³-hybridized carbons (Fsp3) is 0.536. The molecule has 1 aromatic heterocycles. The van der Waals surface area contributed by atoms with Gasteiger partial charge in [-0.05, 0) is 60.6 Å². The maximum atomic E-state index is 13.5. The minimum Gasteiger partial charge on any atom is -0.379 e. The van der Waals surface area contributed by atoms with Crippen molar-refractivity contribution in [3.05, 3.63) is 58.6 Å². The van der Waals surface area contributed by atoms with Gasteiger partial charge < -0.3 is 15.5 Å². The van der Waals surface area contributed by atoms with E-state index in [2.05, 4.69) is 15.6 Å². The van der Waals surface area contributed by atoms with Gasteiger partial charge in [0.2, 0.25) is 17.7 Å². The number of hydrogen-bond donors (Lipinski definition) is 2. The molecular weight excluding hydrogens is 531 g/mol. The van der Waals surface area contributed by atoms with Gasteiger partial charge in [-0.3, -0.25) is 19.5 Å². The van der Waals surface area contributed by atoms with Crippen LogP contribution in [0.4, 0.5) is 18.9 Å². The van der Waals surface area contributed by atoms with Crippen LogP contribution in [0.1, 0.15) is 46.1 Å². The van der Waals surface area contributed by atoms with Gasteiger partial charge in [-0.25, -0.2) is 13.2 Å². The maximum absolute atomic E-state index is 13.5. The van der Waals surface area contributed by atoms with Crippen LogP contribution in [0, 0.1) is 17.2 Å². The van der Waals surface area contributed by atoms with Crippen LogP contribution in [0.2, 0.25) is 5.02 Å². The molecule has 3 aliphatic rings. The Labute approximate surface area is 233 Å². The Hall–Kier alpha value is -2.85. The van der Waals surface area contributed by atoms with Crippen molar-refractivity contribution in [1.82, 2.24) is 20.1 Å². The topological polar surface area (TPSA) is 77.6 Å². The van der Waals surface area contributed by atoms with Crippen molar-refractivity contribution < 1.29 is 25.5 Å². The third-order valence-corrected chi connectivity index (χ3v) is 8.27. The molecule has 210 valence electrons. The fourth-order valence-corrected chi connectivity index (χ4v) is 5.65. The molecule has 7 nitrogen and oxygen atoms in total. The van der Waals surface area contributed by atoms with E-state index in [1.165, 1.54) is 6.07 Å². The summed E-state index contributed by atoms with van der Waals surface area (Å²) in [6.07, 6.45) is 2.01. The summed E-state index contributed by atoms with van der Waals surface area (Å²) < 4.78 is 58.0. The molecule has 1 aliphatic heterocycles. The molecule has 3 fully saturated rings. The van der Waals surface area contributed by atoms with Crippen LogP contribution in [0.25, 0.3) is 0 Å². The lowest BCUT2D eigenvalue weighted by Crippen LogP contribution is -2.51. The van der Waals surface area contributed by atoms with E-state index in [1.807, 2.05) is 0 Å². The zero-order valence-electron chi connectivity index (χ0n) is 23.5. The average molecular weight is 566 g/mol. The lowest BCUT2D eigenvalue weighted by atomic mass is 9.82. The normalized spacial score (nSPS) is 23.1. The molecule has 2 aliphatic carbocycles. The second-order valence-electron chi connectivity index (χ2n) is 10.7. The molecule has 1 saturated heterocycles. The highest BCUT2D eigenvalue weighted by molar-refractivity contribution is 6.30. The monoisotopic (exact) mass is 565 g/mol. The van der Waals surface area contributed by atoms with Gasteiger partial charge in [0.05, 0.1) is 25.0 Å². The largest absolute Gasteiger partial charge is 0.379 e. The van der Waals surface area contributed by atoms with E-state index in [-0.39, 0.29) is 75.3 Å². The van der Waals surface area contributed by atoms with Crippen LogP contribution in [-0.4, -0.2) is 65.2 Å². The van der Waals surface area contributed by atoms with E-state index in [4.69, 9.17) is 14.3 Å². The number of aromatic nitrogens is 1. The number of rotatable bonds is 8. The summed E-state index contributed by atoms with van der Waals surface area (Å²) in [6.45, 7) is -0.749. The van der Waals surface area contributed by atoms with Crippen LogP contribution in [-0.2, 0) is 22.6 Å². The van der Waals surface area contributed by atoms with Crippen molar-refractivity contribution >= 4 is 29.1 Å². The Balaban J connectivity index is 1.13. The lowest BCUT2D eigenvalue weighted by Gasteiger charge is -2.35. The Bertz CT molecular complexity index is 1280. The molecule has 2 aromatic rings. The van der Waals surface area contributed by atoms with E-state index >= 15 is 0 Å². The summed E-state index contributed by atoms with van der Waals surface area (Å²) in [5.74, 6) is -3.91. The summed E-state index contributed by atoms with van der Waals surface area (Å²) in [5, 5.41) is 6.23. The van der Waals surface area contributed by atoms with Crippen LogP contribution in [0.5, 0.6) is 0 Å². The summed E-state index contributed by atoms with van der Waals surface area (Å²) in [6, 6.07) is 7.75. The molecule has 1 atom stereocenters. The number of pyridine rings is 1. The third kappa shape index (κ3) is 6.84. The number of amides is 2. The Morgan fingerprint density at radius 1 is 1.10 bits per heavy atom. The molecule has 2 saturated carbocycles. The smallest absolute Gasteiger partial charge is 0.248 e. The molecular formula is C28H33ClF3N5O2.